The molecule has 3 aromatic rings. The molecule has 6 heteroatoms. The lowest BCUT2D eigenvalue weighted by molar-refractivity contribution is 0.0716. The first kappa shape index (κ1) is 17.8. The molecule has 2 heterocycles. The topological polar surface area (TPSA) is 71.2 Å². The molecule has 1 fully saturated rings. The molecule has 0 radical (unpaired) electrons. The second-order valence-corrected chi connectivity index (χ2v) is 6.61. The van der Waals surface area contributed by atoms with Crippen LogP contribution < -0.4 is 0 Å². The Balaban J connectivity index is 1.73. The molecular weight excluding hydrogens is 352 g/mol. The van der Waals surface area contributed by atoms with E-state index in [1.165, 1.54) is 0 Å². The molecular formula is C22H20N4O2. The zero-order valence-electron chi connectivity index (χ0n) is 15.4. The summed E-state index contributed by atoms with van der Waals surface area (Å²) >= 11 is 0. The predicted octanol–water partition coefficient (Wildman–Crippen LogP) is 3.93. The quantitative estimate of drug-likeness (QED) is 0.680. The van der Waals surface area contributed by atoms with Gasteiger partial charge in [0.25, 0.3) is 0 Å². The first-order valence-corrected chi connectivity index (χ1v) is 9.29. The van der Waals surface area contributed by atoms with Gasteiger partial charge in [0.1, 0.15) is 0 Å². The van der Waals surface area contributed by atoms with E-state index in [4.69, 9.17) is 4.74 Å². The Morgan fingerprint density at radius 3 is 2.64 bits per heavy atom. The fraction of sp³-hybridized carbons (Fsp3) is 0.227. The summed E-state index contributed by atoms with van der Waals surface area (Å²) in [4.78, 5) is 18.3. The number of imidazole rings is 1. The van der Waals surface area contributed by atoms with Crippen LogP contribution in [0.1, 0.15) is 12.0 Å². The van der Waals surface area contributed by atoms with Gasteiger partial charge in [-0.1, -0.05) is 48.5 Å². The average Bonchev–Trinajstić information content (AvgIpc) is 3.17. The largest absolute Gasteiger partial charge is 0.449 e. The minimum atomic E-state index is -0.270. The number of carbonyl (C=O) groups is 1. The highest BCUT2D eigenvalue weighted by Gasteiger charge is 2.21. The third-order valence-corrected chi connectivity index (χ3v) is 4.85. The molecule has 0 unspecified atom stereocenters. The van der Waals surface area contributed by atoms with Gasteiger partial charge in [-0.05, 0) is 12.5 Å². The highest BCUT2D eigenvalue weighted by molar-refractivity contribution is 5.81. The van der Waals surface area contributed by atoms with Crippen LogP contribution in [-0.2, 0) is 11.3 Å². The van der Waals surface area contributed by atoms with Crippen LogP contribution in [0, 0.1) is 11.3 Å². The Kier molecular flexibility index (Phi) is 5.07. The maximum Gasteiger partial charge on any atom is 0.409 e. The summed E-state index contributed by atoms with van der Waals surface area (Å²) in [6, 6.07) is 19.7. The fourth-order valence-electron chi connectivity index (χ4n) is 3.46. The van der Waals surface area contributed by atoms with Crippen molar-refractivity contribution in [1.82, 2.24) is 14.5 Å². The normalized spacial score (nSPS) is 13.8. The van der Waals surface area contributed by atoms with E-state index in [9.17, 15) is 10.1 Å². The Labute approximate surface area is 163 Å². The van der Waals surface area contributed by atoms with Gasteiger partial charge in [-0.2, -0.15) is 5.26 Å². The molecule has 0 N–H and O–H groups in total. The summed E-state index contributed by atoms with van der Waals surface area (Å²) in [6.07, 6.45) is 2.35. The van der Waals surface area contributed by atoms with E-state index in [0.29, 0.717) is 31.8 Å². The number of amides is 1. The van der Waals surface area contributed by atoms with Crippen LogP contribution >= 0.6 is 0 Å². The monoisotopic (exact) mass is 372 g/mol. The molecule has 0 bridgehead atoms. The molecule has 4 rings (SSSR count). The number of hydrogen-bond acceptors (Lipinski definition) is 4. The molecule has 28 heavy (non-hydrogen) atoms. The number of cyclic esters (lactones) is 1. The smallest absolute Gasteiger partial charge is 0.409 e. The van der Waals surface area contributed by atoms with E-state index in [1.807, 2.05) is 59.2 Å². The van der Waals surface area contributed by atoms with Crippen LogP contribution in [0.4, 0.5) is 4.79 Å². The van der Waals surface area contributed by atoms with Gasteiger partial charge < -0.3 is 14.2 Å². The van der Waals surface area contributed by atoms with Gasteiger partial charge in [0.05, 0.1) is 36.0 Å². The van der Waals surface area contributed by atoms with Crippen molar-refractivity contribution in [2.45, 2.75) is 13.0 Å². The van der Waals surface area contributed by atoms with Gasteiger partial charge in [0.15, 0.2) is 0 Å². The highest BCUT2D eigenvalue weighted by atomic mass is 16.6. The van der Waals surface area contributed by atoms with Gasteiger partial charge in [0.2, 0.25) is 0 Å². The van der Waals surface area contributed by atoms with Crippen LogP contribution in [0.25, 0.3) is 22.5 Å². The number of nitriles is 1. The fourth-order valence-corrected chi connectivity index (χ4v) is 3.46. The Bertz CT molecular complexity index is 1020. The third-order valence-electron chi connectivity index (χ3n) is 4.85. The number of carbonyl (C=O) groups excluding carboxylic acids is 1. The van der Waals surface area contributed by atoms with E-state index < -0.39 is 0 Å². The second-order valence-electron chi connectivity index (χ2n) is 6.61. The zero-order chi connectivity index (χ0) is 19.3. The van der Waals surface area contributed by atoms with Crippen molar-refractivity contribution < 1.29 is 9.53 Å². The molecule has 1 amide bonds. The van der Waals surface area contributed by atoms with Gasteiger partial charge in [-0.3, -0.25) is 0 Å². The molecule has 0 atom stereocenters. The van der Waals surface area contributed by atoms with Crippen molar-refractivity contribution >= 4 is 6.09 Å². The summed E-state index contributed by atoms with van der Waals surface area (Å²) in [7, 11) is 0. The Hall–Kier alpha value is -3.59. The molecule has 0 saturated carbocycles. The van der Waals surface area contributed by atoms with E-state index >= 15 is 0 Å². The number of ether oxygens (including phenoxy) is 1. The lowest BCUT2D eigenvalue weighted by atomic mass is 10.0. The molecule has 140 valence electrons. The zero-order valence-corrected chi connectivity index (χ0v) is 15.4. The number of aromatic nitrogens is 2. The van der Waals surface area contributed by atoms with Crippen LogP contribution in [0.5, 0.6) is 0 Å². The van der Waals surface area contributed by atoms with E-state index in [2.05, 4.69) is 11.1 Å². The first-order valence-electron chi connectivity index (χ1n) is 9.29. The average molecular weight is 372 g/mol. The molecule has 1 aliphatic rings. The summed E-state index contributed by atoms with van der Waals surface area (Å²) in [5.41, 5.74) is 4.13. The standard InChI is InChI=1S/C22H20N4O2/c23-15-18-9-4-5-10-19(18)21-20(17-7-2-1-3-8-17)24-16-26(21)13-12-25-11-6-14-28-22(25)27/h1-5,7-10,16H,6,11-14H2. The summed E-state index contributed by atoms with van der Waals surface area (Å²) in [5, 5.41) is 9.59. The van der Waals surface area contributed by atoms with Gasteiger partial charge >= 0.3 is 6.09 Å². The molecule has 2 aromatic carbocycles. The van der Waals surface area contributed by atoms with Crippen molar-refractivity contribution in [2.24, 2.45) is 0 Å². The number of hydrogen-bond donors (Lipinski definition) is 0. The van der Waals surface area contributed by atoms with Crippen LogP contribution in [0.2, 0.25) is 0 Å². The number of nitrogens with zero attached hydrogens (tertiary/aromatic N) is 4. The maximum absolute atomic E-state index is 11.9. The van der Waals surface area contributed by atoms with Crippen LogP contribution in [-0.4, -0.2) is 40.2 Å². The molecule has 0 aliphatic carbocycles. The van der Waals surface area contributed by atoms with Crippen LogP contribution in [0.15, 0.2) is 60.9 Å². The molecule has 1 saturated heterocycles. The lowest BCUT2D eigenvalue weighted by Crippen LogP contribution is -2.39. The third kappa shape index (κ3) is 3.47. The number of benzene rings is 2. The summed E-state index contributed by atoms with van der Waals surface area (Å²) in [5.74, 6) is 0. The van der Waals surface area contributed by atoms with Crippen molar-refractivity contribution in [1.29, 1.82) is 5.26 Å². The van der Waals surface area contributed by atoms with Crippen molar-refractivity contribution in [3.05, 3.63) is 66.5 Å². The summed E-state index contributed by atoms with van der Waals surface area (Å²) in [6.45, 7) is 2.29. The highest BCUT2D eigenvalue weighted by Crippen LogP contribution is 2.33. The van der Waals surface area contributed by atoms with Crippen molar-refractivity contribution in [3.8, 4) is 28.6 Å². The SMILES string of the molecule is N#Cc1ccccc1-c1c(-c2ccccc2)ncn1CCN1CCCOC1=O. The van der Waals surface area contributed by atoms with Gasteiger partial charge in [-0.15, -0.1) is 0 Å². The molecule has 1 aliphatic heterocycles. The number of rotatable bonds is 5. The lowest BCUT2D eigenvalue weighted by Gasteiger charge is -2.26. The maximum atomic E-state index is 11.9. The van der Waals surface area contributed by atoms with Crippen molar-refractivity contribution in [2.75, 3.05) is 19.7 Å². The predicted molar refractivity (Wildman–Crippen MR) is 105 cm³/mol. The minimum Gasteiger partial charge on any atom is -0.449 e. The Morgan fingerprint density at radius 2 is 1.86 bits per heavy atom. The van der Waals surface area contributed by atoms with Gasteiger partial charge in [0, 0.05) is 30.8 Å². The van der Waals surface area contributed by atoms with Crippen molar-refractivity contribution in [3.63, 3.8) is 0 Å². The Morgan fingerprint density at radius 1 is 1.07 bits per heavy atom. The van der Waals surface area contributed by atoms with E-state index in [-0.39, 0.29) is 6.09 Å². The second kappa shape index (κ2) is 7.97. The van der Waals surface area contributed by atoms with Crippen LogP contribution in [0.3, 0.4) is 0 Å². The summed E-state index contributed by atoms with van der Waals surface area (Å²) < 4.78 is 7.14. The molecule has 6 nitrogen and oxygen atoms in total. The van der Waals surface area contributed by atoms with E-state index in [0.717, 1.165) is 28.9 Å². The van der Waals surface area contributed by atoms with E-state index in [1.54, 1.807) is 11.2 Å². The van der Waals surface area contributed by atoms with Gasteiger partial charge in [-0.25, -0.2) is 9.78 Å². The molecule has 1 aromatic heterocycles. The first-order chi connectivity index (χ1) is 13.8. The molecule has 0 spiro atoms. The minimum absolute atomic E-state index is 0.270.